The second-order valence-corrected chi connectivity index (χ2v) is 5.24. The van der Waals surface area contributed by atoms with Crippen LogP contribution in [0.2, 0.25) is 0 Å². The molecule has 1 aromatic heterocycles. The Morgan fingerprint density at radius 3 is 3.00 bits per heavy atom. The molecule has 3 nitrogen and oxygen atoms in total. The van der Waals surface area contributed by atoms with Gasteiger partial charge >= 0.3 is 0 Å². The number of benzene rings is 1. The van der Waals surface area contributed by atoms with E-state index in [1.165, 1.54) is 0 Å². The smallest absolute Gasteiger partial charge is 0.200 e. The number of nitrogens with zero attached hydrogens (tertiary/aromatic N) is 1. The van der Waals surface area contributed by atoms with Crippen LogP contribution in [0, 0.1) is 5.92 Å². The first-order valence-corrected chi connectivity index (χ1v) is 6.30. The Hall–Kier alpha value is -0.870. The van der Waals surface area contributed by atoms with E-state index >= 15 is 0 Å². The van der Waals surface area contributed by atoms with E-state index in [1.807, 2.05) is 18.2 Å². The van der Waals surface area contributed by atoms with Crippen LogP contribution >= 0.6 is 15.9 Å². The van der Waals surface area contributed by atoms with E-state index in [0.717, 1.165) is 34.6 Å². The first-order chi connectivity index (χ1) is 7.75. The van der Waals surface area contributed by atoms with Gasteiger partial charge in [0.25, 0.3) is 0 Å². The van der Waals surface area contributed by atoms with Crippen molar-refractivity contribution in [3.63, 3.8) is 0 Å². The molecule has 2 atom stereocenters. The lowest BCUT2D eigenvalue weighted by Crippen LogP contribution is -2.08. The molecule has 84 valence electrons. The Labute approximate surface area is 102 Å². The van der Waals surface area contributed by atoms with Gasteiger partial charge in [0.2, 0.25) is 0 Å². The molecule has 1 aromatic carbocycles. The Morgan fingerprint density at radius 1 is 1.44 bits per heavy atom. The molecular weight excluding hydrogens is 268 g/mol. The second-order valence-electron chi connectivity index (χ2n) is 4.38. The summed E-state index contributed by atoms with van der Waals surface area (Å²) in [6.45, 7) is 4.24. The summed E-state index contributed by atoms with van der Waals surface area (Å²) < 4.78 is 6.83. The predicted molar refractivity (Wildman–Crippen MR) is 66.5 cm³/mol. The highest BCUT2D eigenvalue weighted by atomic mass is 79.9. The number of hydrogen-bond acceptors (Lipinski definition) is 3. The fourth-order valence-corrected chi connectivity index (χ4v) is 2.67. The minimum absolute atomic E-state index is 0.402. The number of hydrogen-bond donors (Lipinski definition) is 1. The number of oxazole rings is 1. The molecule has 0 spiro atoms. The fraction of sp³-hybridized carbons (Fsp3) is 0.417. The maximum absolute atomic E-state index is 5.86. The average molecular weight is 281 g/mol. The minimum Gasteiger partial charge on any atom is -0.439 e. The van der Waals surface area contributed by atoms with Crippen molar-refractivity contribution in [3.8, 4) is 0 Å². The van der Waals surface area contributed by atoms with Gasteiger partial charge in [-0.25, -0.2) is 4.98 Å². The van der Waals surface area contributed by atoms with Crippen LogP contribution in [-0.2, 0) is 0 Å². The van der Waals surface area contributed by atoms with E-state index in [1.54, 1.807) is 0 Å². The topological polar surface area (TPSA) is 38.1 Å². The van der Waals surface area contributed by atoms with Gasteiger partial charge in [0.1, 0.15) is 5.52 Å². The van der Waals surface area contributed by atoms with Gasteiger partial charge in [0, 0.05) is 6.54 Å². The Bertz CT molecular complexity index is 523. The molecule has 2 heterocycles. The van der Waals surface area contributed by atoms with Crippen molar-refractivity contribution in [2.45, 2.75) is 12.8 Å². The van der Waals surface area contributed by atoms with Gasteiger partial charge in [-0.15, -0.1) is 0 Å². The molecule has 0 amide bonds. The Morgan fingerprint density at radius 2 is 2.31 bits per heavy atom. The molecule has 0 saturated carbocycles. The van der Waals surface area contributed by atoms with Gasteiger partial charge in [-0.2, -0.15) is 0 Å². The van der Waals surface area contributed by atoms with E-state index in [9.17, 15) is 0 Å². The summed E-state index contributed by atoms with van der Waals surface area (Å²) in [5.74, 6) is 1.85. The van der Waals surface area contributed by atoms with Crippen LogP contribution in [0.4, 0.5) is 0 Å². The highest BCUT2D eigenvalue weighted by Crippen LogP contribution is 2.32. The van der Waals surface area contributed by atoms with E-state index in [0.29, 0.717) is 11.8 Å². The minimum atomic E-state index is 0.402. The molecule has 1 fully saturated rings. The Balaban J connectivity index is 2.08. The first-order valence-electron chi connectivity index (χ1n) is 5.51. The van der Waals surface area contributed by atoms with Crippen molar-refractivity contribution in [3.05, 3.63) is 28.6 Å². The van der Waals surface area contributed by atoms with Crippen molar-refractivity contribution >= 4 is 27.0 Å². The number of nitrogens with one attached hydrogen (secondary N) is 1. The highest BCUT2D eigenvalue weighted by molar-refractivity contribution is 9.10. The van der Waals surface area contributed by atoms with E-state index in [4.69, 9.17) is 4.42 Å². The number of rotatable bonds is 1. The first kappa shape index (κ1) is 10.3. The summed E-state index contributed by atoms with van der Waals surface area (Å²) >= 11 is 3.48. The van der Waals surface area contributed by atoms with Crippen LogP contribution in [0.3, 0.4) is 0 Å². The summed E-state index contributed by atoms with van der Waals surface area (Å²) in [6, 6.07) is 5.95. The van der Waals surface area contributed by atoms with Gasteiger partial charge in [0.15, 0.2) is 11.5 Å². The van der Waals surface area contributed by atoms with Crippen molar-refractivity contribution in [1.29, 1.82) is 0 Å². The number of fused-ring (bicyclic) bond motifs is 1. The average Bonchev–Trinajstić information content (AvgIpc) is 2.84. The second kappa shape index (κ2) is 3.86. The monoisotopic (exact) mass is 280 g/mol. The standard InChI is InChI=1S/C12H13BrN2O/c1-7-5-14-6-8(7)12-15-10-4-2-3-9(13)11(10)16-12/h2-4,7-8,14H,5-6H2,1H3. The molecule has 4 heteroatoms. The molecule has 1 N–H and O–H groups in total. The number of halogens is 1. The lowest BCUT2D eigenvalue weighted by atomic mass is 9.98. The molecule has 3 rings (SSSR count). The summed E-state index contributed by atoms with van der Waals surface area (Å²) in [4.78, 5) is 4.57. The van der Waals surface area contributed by atoms with Crippen LogP contribution in [0.25, 0.3) is 11.1 Å². The third-order valence-corrected chi connectivity index (χ3v) is 3.84. The van der Waals surface area contributed by atoms with Crippen molar-refractivity contribution in [2.24, 2.45) is 5.92 Å². The van der Waals surface area contributed by atoms with Gasteiger partial charge in [-0.3, -0.25) is 0 Å². The highest BCUT2D eigenvalue weighted by Gasteiger charge is 2.29. The van der Waals surface area contributed by atoms with Crippen LogP contribution < -0.4 is 5.32 Å². The third-order valence-electron chi connectivity index (χ3n) is 3.22. The summed E-state index contributed by atoms with van der Waals surface area (Å²) in [6.07, 6.45) is 0. The summed E-state index contributed by atoms with van der Waals surface area (Å²) in [7, 11) is 0. The molecule has 0 aliphatic carbocycles. The zero-order valence-corrected chi connectivity index (χ0v) is 10.6. The molecule has 2 aromatic rings. The summed E-state index contributed by atoms with van der Waals surface area (Å²) in [5.41, 5.74) is 1.79. The van der Waals surface area contributed by atoms with Crippen molar-refractivity contribution in [2.75, 3.05) is 13.1 Å². The van der Waals surface area contributed by atoms with Gasteiger partial charge in [-0.1, -0.05) is 13.0 Å². The normalized spacial score (nSPS) is 25.4. The molecule has 2 unspecified atom stereocenters. The van der Waals surface area contributed by atoms with Gasteiger partial charge < -0.3 is 9.73 Å². The lowest BCUT2D eigenvalue weighted by molar-refractivity contribution is 0.434. The van der Waals surface area contributed by atoms with Crippen LogP contribution in [0.15, 0.2) is 27.1 Å². The largest absolute Gasteiger partial charge is 0.439 e. The van der Waals surface area contributed by atoms with Gasteiger partial charge in [0.05, 0.1) is 10.4 Å². The fourth-order valence-electron chi connectivity index (χ4n) is 2.23. The molecule has 16 heavy (non-hydrogen) atoms. The van der Waals surface area contributed by atoms with Crippen LogP contribution in [-0.4, -0.2) is 18.1 Å². The Kier molecular flexibility index (Phi) is 2.48. The molecular formula is C12H13BrN2O. The molecule has 1 aliphatic rings. The van der Waals surface area contributed by atoms with Gasteiger partial charge in [-0.05, 0) is 40.5 Å². The van der Waals surface area contributed by atoms with Crippen LogP contribution in [0.1, 0.15) is 18.7 Å². The molecule has 0 radical (unpaired) electrons. The predicted octanol–water partition coefficient (Wildman–Crippen LogP) is 2.91. The van der Waals surface area contributed by atoms with E-state index in [-0.39, 0.29) is 0 Å². The SMILES string of the molecule is CC1CNCC1c1nc2cccc(Br)c2o1. The molecule has 0 bridgehead atoms. The van der Waals surface area contributed by atoms with E-state index < -0.39 is 0 Å². The maximum Gasteiger partial charge on any atom is 0.200 e. The third kappa shape index (κ3) is 1.57. The molecule has 1 saturated heterocycles. The van der Waals surface area contributed by atoms with Crippen molar-refractivity contribution < 1.29 is 4.42 Å². The van der Waals surface area contributed by atoms with E-state index in [2.05, 4.69) is 33.2 Å². The number of aromatic nitrogens is 1. The zero-order valence-electron chi connectivity index (χ0n) is 9.03. The zero-order chi connectivity index (χ0) is 11.1. The van der Waals surface area contributed by atoms with Crippen LogP contribution in [0.5, 0.6) is 0 Å². The number of para-hydroxylation sites is 1. The lowest BCUT2D eigenvalue weighted by Gasteiger charge is -2.08. The maximum atomic E-state index is 5.86. The molecule has 1 aliphatic heterocycles. The quantitative estimate of drug-likeness (QED) is 0.873. The van der Waals surface area contributed by atoms with Crippen molar-refractivity contribution in [1.82, 2.24) is 10.3 Å². The summed E-state index contributed by atoms with van der Waals surface area (Å²) in [5, 5.41) is 3.37.